The van der Waals surface area contributed by atoms with E-state index in [2.05, 4.69) is 16.3 Å². The number of hydrogen-bond donors (Lipinski definition) is 1. The van der Waals surface area contributed by atoms with Crippen molar-refractivity contribution >= 4 is 5.91 Å². The summed E-state index contributed by atoms with van der Waals surface area (Å²) >= 11 is 0. The molecule has 0 unspecified atom stereocenters. The topological polar surface area (TPSA) is 65.4 Å². The molecule has 0 atom stereocenters. The summed E-state index contributed by atoms with van der Waals surface area (Å²) in [5.74, 6) is -0.0706. The third kappa shape index (κ3) is 3.99. The SMILES string of the molecule is COC(C)(C)C(=O)NC1CCN(CC#N)CC1. The summed E-state index contributed by atoms with van der Waals surface area (Å²) in [6, 6.07) is 2.35. The first-order valence-electron chi connectivity index (χ1n) is 5.95. The summed E-state index contributed by atoms with van der Waals surface area (Å²) < 4.78 is 5.14. The molecular formula is C12H21N3O2. The van der Waals surface area contributed by atoms with Gasteiger partial charge in [-0.25, -0.2) is 0 Å². The maximum Gasteiger partial charge on any atom is 0.251 e. The van der Waals surface area contributed by atoms with Crippen LogP contribution in [0.25, 0.3) is 0 Å². The zero-order valence-electron chi connectivity index (χ0n) is 10.8. The van der Waals surface area contributed by atoms with Crippen LogP contribution in [0.5, 0.6) is 0 Å². The van der Waals surface area contributed by atoms with Crippen molar-refractivity contribution in [1.82, 2.24) is 10.2 Å². The Bertz CT molecular complexity index is 301. The second kappa shape index (κ2) is 5.99. The molecule has 0 bridgehead atoms. The van der Waals surface area contributed by atoms with Crippen LogP contribution in [0.1, 0.15) is 26.7 Å². The van der Waals surface area contributed by atoms with E-state index in [0.717, 1.165) is 25.9 Å². The molecule has 1 aliphatic heterocycles. The highest BCUT2D eigenvalue weighted by Gasteiger charge is 2.30. The van der Waals surface area contributed by atoms with Crippen molar-refractivity contribution in [2.45, 2.75) is 38.3 Å². The van der Waals surface area contributed by atoms with Crippen LogP contribution in [0.4, 0.5) is 0 Å². The standard InChI is InChI=1S/C12H21N3O2/c1-12(2,17-3)11(16)14-10-4-7-15(8-5-10)9-6-13/h10H,4-5,7-9H2,1-3H3,(H,14,16). The Morgan fingerprint density at radius 1 is 1.53 bits per heavy atom. The highest BCUT2D eigenvalue weighted by atomic mass is 16.5. The van der Waals surface area contributed by atoms with Crippen LogP contribution >= 0.6 is 0 Å². The maximum atomic E-state index is 11.9. The zero-order chi connectivity index (χ0) is 12.9. The van der Waals surface area contributed by atoms with Crippen LogP contribution in [-0.4, -0.2) is 49.2 Å². The Labute approximate surface area is 103 Å². The molecule has 1 fully saturated rings. The lowest BCUT2D eigenvalue weighted by Gasteiger charge is -2.32. The molecule has 0 spiro atoms. The fourth-order valence-electron chi connectivity index (χ4n) is 1.79. The molecule has 0 aromatic carbocycles. The van der Waals surface area contributed by atoms with Crippen LogP contribution in [0, 0.1) is 11.3 Å². The molecule has 17 heavy (non-hydrogen) atoms. The fraction of sp³-hybridized carbons (Fsp3) is 0.833. The minimum Gasteiger partial charge on any atom is -0.369 e. The molecule has 96 valence electrons. The van der Waals surface area contributed by atoms with Gasteiger partial charge in [0.25, 0.3) is 5.91 Å². The number of rotatable bonds is 4. The van der Waals surface area contributed by atoms with Gasteiger partial charge in [0.1, 0.15) is 5.60 Å². The Balaban J connectivity index is 2.36. The van der Waals surface area contributed by atoms with E-state index in [1.54, 1.807) is 13.8 Å². The Hall–Kier alpha value is -1.12. The van der Waals surface area contributed by atoms with Gasteiger partial charge in [-0.2, -0.15) is 5.26 Å². The van der Waals surface area contributed by atoms with Gasteiger partial charge in [0.15, 0.2) is 0 Å². The number of piperidine rings is 1. The number of methoxy groups -OCH3 is 1. The van der Waals surface area contributed by atoms with Gasteiger partial charge in [-0.1, -0.05) is 0 Å². The van der Waals surface area contributed by atoms with E-state index < -0.39 is 5.60 Å². The van der Waals surface area contributed by atoms with Crippen molar-refractivity contribution in [3.05, 3.63) is 0 Å². The number of nitrogens with one attached hydrogen (secondary N) is 1. The summed E-state index contributed by atoms with van der Waals surface area (Å²) in [6.07, 6.45) is 1.79. The molecule has 5 nitrogen and oxygen atoms in total. The minimum atomic E-state index is -0.774. The maximum absolute atomic E-state index is 11.9. The van der Waals surface area contributed by atoms with Gasteiger partial charge < -0.3 is 10.1 Å². The summed E-state index contributed by atoms with van der Waals surface area (Å²) in [7, 11) is 1.54. The summed E-state index contributed by atoms with van der Waals surface area (Å²) in [5.41, 5.74) is -0.774. The monoisotopic (exact) mass is 239 g/mol. The van der Waals surface area contributed by atoms with Crippen molar-refractivity contribution in [3.63, 3.8) is 0 Å². The van der Waals surface area contributed by atoms with Crippen LogP contribution in [0.15, 0.2) is 0 Å². The lowest BCUT2D eigenvalue weighted by Crippen LogP contribution is -2.51. The zero-order valence-corrected chi connectivity index (χ0v) is 10.8. The largest absolute Gasteiger partial charge is 0.369 e. The van der Waals surface area contributed by atoms with E-state index in [4.69, 9.17) is 10.00 Å². The van der Waals surface area contributed by atoms with Gasteiger partial charge >= 0.3 is 0 Å². The lowest BCUT2D eigenvalue weighted by molar-refractivity contribution is -0.140. The molecule has 1 N–H and O–H groups in total. The first-order valence-corrected chi connectivity index (χ1v) is 5.95. The van der Waals surface area contributed by atoms with Crippen molar-refractivity contribution in [2.75, 3.05) is 26.7 Å². The van der Waals surface area contributed by atoms with Crippen molar-refractivity contribution < 1.29 is 9.53 Å². The van der Waals surface area contributed by atoms with Crippen LogP contribution in [0.2, 0.25) is 0 Å². The summed E-state index contributed by atoms with van der Waals surface area (Å²) in [6.45, 7) is 5.72. The fourth-order valence-corrected chi connectivity index (χ4v) is 1.79. The van der Waals surface area contributed by atoms with Gasteiger partial charge in [-0.15, -0.1) is 0 Å². The number of nitrogens with zero attached hydrogens (tertiary/aromatic N) is 2. The van der Waals surface area contributed by atoms with Crippen LogP contribution in [0.3, 0.4) is 0 Å². The predicted octanol–water partition coefficient (Wildman–Crippen LogP) is 0.516. The van der Waals surface area contributed by atoms with E-state index in [1.165, 1.54) is 7.11 Å². The van der Waals surface area contributed by atoms with Gasteiger partial charge in [-0.05, 0) is 26.7 Å². The second-order valence-electron chi connectivity index (χ2n) is 4.90. The van der Waals surface area contributed by atoms with Gasteiger partial charge in [0.05, 0.1) is 12.6 Å². The summed E-state index contributed by atoms with van der Waals surface area (Å²) in [4.78, 5) is 14.0. The average Bonchev–Trinajstić information content (AvgIpc) is 2.32. The van der Waals surface area contributed by atoms with E-state index in [0.29, 0.717) is 6.54 Å². The normalized spacial score (nSPS) is 18.7. The lowest BCUT2D eigenvalue weighted by atomic mass is 10.0. The number of likely N-dealkylation sites (tertiary alicyclic amines) is 1. The number of carbonyl (C=O) groups excluding carboxylic acids is 1. The Morgan fingerprint density at radius 2 is 2.12 bits per heavy atom. The molecule has 0 saturated carbocycles. The molecule has 0 aromatic rings. The smallest absolute Gasteiger partial charge is 0.251 e. The first-order chi connectivity index (χ1) is 7.99. The molecule has 0 radical (unpaired) electrons. The van der Waals surface area contributed by atoms with E-state index in [9.17, 15) is 4.79 Å². The number of amides is 1. The molecular weight excluding hydrogens is 218 g/mol. The number of ether oxygens (including phenoxy) is 1. The molecule has 1 amide bonds. The number of nitriles is 1. The van der Waals surface area contributed by atoms with E-state index in [-0.39, 0.29) is 11.9 Å². The predicted molar refractivity (Wildman–Crippen MR) is 64.3 cm³/mol. The molecule has 0 aromatic heterocycles. The third-order valence-corrected chi connectivity index (χ3v) is 3.27. The second-order valence-corrected chi connectivity index (χ2v) is 4.90. The molecule has 5 heteroatoms. The van der Waals surface area contributed by atoms with Crippen LogP contribution in [-0.2, 0) is 9.53 Å². The van der Waals surface area contributed by atoms with Gasteiger partial charge in [0.2, 0.25) is 0 Å². The highest BCUT2D eigenvalue weighted by Crippen LogP contribution is 2.13. The van der Waals surface area contributed by atoms with Gasteiger partial charge in [0, 0.05) is 26.2 Å². The number of hydrogen-bond acceptors (Lipinski definition) is 4. The van der Waals surface area contributed by atoms with Crippen LogP contribution < -0.4 is 5.32 Å². The Morgan fingerprint density at radius 3 is 2.59 bits per heavy atom. The third-order valence-electron chi connectivity index (χ3n) is 3.27. The number of carbonyl (C=O) groups is 1. The van der Waals surface area contributed by atoms with E-state index >= 15 is 0 Å². The summed E-state index contributed by atoms with van der Waals surface area (Å²) in [5, 5.41) is 11.6. The quantitative estimate of drug-likeness (QED) is 0.726. The first kappa shape index (κ1) is 13.9. The average molecular weight is 239 g/mol. The molecule has 0 aliphatic carbocycles. The Kier molecular flexibility index (Phi) is 4.91. The van der Waals surface area contributed by atoms with Gasteiger partial charge in [-0.3, -0.25) is 9.69 Å². The highest BCUT2D eigenvalue weighted by molar-refractivity contribution is 5.84. The molecule has 1 rings (SSSR count). The molecule has 1 saturated heterocycles. The van der Waals surface area contributed by atoms with Crippen molar-refractivity contribution in [3.8, 4) is 6.07 Å². The van der Waals surface area contributed by atoms with Crippen molar-refractivity contribution in [2.24, 2.45) is 0 Å². The van der Waals surface area contributed by atoms with E-state index in [1.807, 2.05) is 0 Å². The van der Waals surface area contributed by atoms with Crippen molar-refractivity contribution in [1.29, 1.82) is 5.26 Å². The molecule has 1 aliphatic rings. The minimum absolute atomic E-state index is 0.0706. The molecule has 1 heterocycles.